The first-order valence-corrected chi connectivity index (χ1v) is 9.99. The van der Waals surface area contributed by atoms with Gasteiger partial charge in [0, 0.05) is 49.5 Å². The second kappa shape index (κ2) is 8.09. The van der Waals surface area contributed by atoms with Gasteiger partial charge in [0.15, 0.2) is 0 Å². The number of carbonyl (C=O) groups is 1. The van der Waals surface area contributed by atoms with Crippen LogP contribution in [0, 0.1) is 10.1 Å². The first-order valence-electron chi connectivity index (χ1n) is 9.99. The highest BCUT2D eigenvalue weighted by molar-refractivity contribution is 5.96. The van der Waals surface area contributed by atoms with Crippen LogP contribution in [0.15, 0.2) is 42.5 Å². The topological polar surface area (TPSA) is 78.7 Å². The van der Waals surface area contributed by atoms with E-state index in [-0.39, 0.29) is 23.2 Å². The van der Waals surface area contributed by atoms with Gasteiger partial charge in [-0.25, -0.2) is 0 Å². The molecule has 1 amide bonds. The lowest BCUT2D eigenvalue weighted by Crippen LogP contribution is -2.46. The summed E-state index contributed by atoms with van der Waals surface area (Å²) in [5, 5.41) is 14.4. The van der Waals surface area contributed by atoms with Crippen molar-refractivity contribution in [3.8, 4) is 0 Å². The summed E-state index contributed by atoms with van der Waals surface area (Å²) < 4.78 is 38.9. The SMILES string of the molecule is O=C(NC1CC1)c1ccc(N2CCN(c3cccc(C(F)(F)F)c3)CC2)c([N+](=O)[O-])c1. The standard InChI is InChI=1S/C21H21F3N4O3/c22-21(23,24)15-2-1-3-17(13-15)26-8-10-27(11-9-26)18-7-4-14(12-19(18)28(30)31)20(29)25-16-5-6-16/h1-4,7,12-13,16H,5-6,8-11H2,(H,25,29). The van der Waals surface area contributed by atoms with Gasteiger partial charge in [0.05, 0.1) is 10.5 Å². The van der Waals surface area contributed by atoms with Crippen LogP contribution in [0.3, 0.4) is 0 Å². The van der Waals surface area contributed by atoms with Crippen molar-refractivity contribution in [2.45, 2.75) is 25.1 Å². The molecule has 7 nitrogen and oxygen atoms in total. The van der Waals surface area contributed by atoms with Crippen molar-refractivity contribution in [3.05, 3.63) is 63.7 Å². The minimum absolute atomic E-state index is 0.148. The molecule has 2 aromatic rings. The number of rotatable bonds is 5. The molecule has 1 N–H and O–H groups in total. The van der Waals surface area contributed by atoms with E-state index >= 15 is 0 Å². The largest absolute Gasteiger partial charge is 0.416 e. The number of nitro benzene ring substituents is 1. The zero-order valence-corrected chi connectivity index (χ0v) is 16.6. The van der Waals surface area contributed by atoms with Crippen LogP contribution in [0.2, 0.25) is 0 Å². The molecule has 1 aliphatic heterocycles. The van der Waals surface area contributed by atoms with Crippen molar-refractivity contribution in [2.75, 3.05) is 36.0 Å². The van der Waals surface area contributed by atoms with E-state index in [9.17, 15) is 28.1 Å². The van der Waals surface area contributed by atoms with Gasteiger partial charge in [-0.3, -0.25) is 14.9 Å². The first kappa shape index (κ1) is 21.0. The summed E-state index contributed by atoms with van der Waals surface area (Å²) in [5.41, 5.74) is 0.247. The van der Waals surface area contributed by atoms with E-state index < -0.39 is 16.7 Å². The highest BCUT2D eigenvalue weighted by Crippen LogP contribution is 2.34. The molecule has 1 heterocycles. The third-order valence-electron chi connectivity index (χ3n) is 5.51. The Hall–Kier alpha value is -3.30. The Bertz CT molecular complexity index is 1000. The number of carbonyl (C=O) groups excluding carboxylic acids is 1. The lowest BCUT2D eigenvalue weighted by Gasteiger charge is -2.37. The van der Waals surface area contributed by atoms with Crippen LogP contribution in [0.25, 0.3) is 0 Å². The average Bonchev–Trinajstić information content (AvgIpc) is 3.57. The van der Waals surface area contributed by atoms with Crippen LogP contribution in [0.1, 0.15) is 28.8 Å². The number of halogens is 3. The molecule has 1 aliphatic carbocycles. The molecule has 2 aliphatic rings. The number of hydrogen-bond acceptors (Lipinski definition) is 5. The summed E-state index contributed by atoms with van der Waals surface area (Å²) >= 11 is 0. The summed E-state index contributed by atoms with van der Waals surface area (Å²) in [7, 11) is 0. The van der Waals surface area contributed by atoms with E-state index in [1.165, 1.54) is 12.1 Å². The summed E-state index contributed by atoms with van der Waals surface area (Å²) in [4.78, 5) is 27.0. The van der Waals surface area contributed by atoms with Gasteiger partial charge < -0.3 is 15.1 Å². The van der Waals surface area contributed by atoms with Crippen LogP contribution in [0.5, 0.6) is 0 Å². The number of benzene rings is 2. The zero-order valence-electron chi connectivity index (χ0n) is 16.6. The maximum absolute atomic E-state index is 13.0. The number of nitrogens with zero attached hydrogens (tertiary/aromatic N) is 3. The number of nitro groups is 1. The summed E-state index contributed by atoms with van der Waals surface area (Å²) in [6.07, 6.45) is -2.57. The molecule has 10 heteroatoms. The van der Waals surface area contributed by atoms with Gasteiger partial charge in [-0.15, -0.1) is 0 Å². The molecule has 0 unspecified atom stereocenters. The fraction of sp³-hybridized carbons (Fsp3) is 0.381. The van der Waals surface area contributed by atoms with Gasteiger partial charge in [-0.05, 0) is 43.2 Å². The maximum Gasteiger partial charge on any atom is 0.416 e. The predicted molar refractivity (Wildman–Crippen MR) is 109 cm³/mol. The van der Waals surface area contributed by atoms with Crippen molar-refractivity contribution in [2.24, 2.45) is 0 Å². The van der Waals surface area contributed by atoms with Crippen molar-refractivity contribution in [1.29, 1.82) is 0 Å². The van der Waals surface area contributed by atoms with E-state index in [0.29, 0.717) is 37.6 Å². The molecule has 0 spiro atoms. The molecule has 2 fully saturated rings. The van der Waals surface area contributed by atoms with Gasteiger partial charge >= 0.3 is 6.18 Å². The van der Waals surface area contributed by atoms with Crippen LogP contribution < -0.4 is 15.1 Å². The van der Waals surface area contributed by atoms with Crippen LogP contribution in [-0.4, -0.2) is 43.1 Å². The number of amides is 1. The molecule has 2 aromatic carbocycles. The first-order chi connectivity index (χ1) is 14.7. The minimum Gasteiger partial charge on any atom is -0.368 e. The van der Waals surface area contributed by atoms with Crippen molar-refractivity contribution in [3.63, 3.8) is 0 Å². The Morgan fingerprint density at radius 2 is 1.71 bits per heavy atom. The molecular weight excluding hydrogens is 413 g/mol. The summed E-state index contributed by atoms with van der Waals surface area (Å²) in [6, 6.07) is 9.72. The highest BCUT2D eigenvalue weighted by atomic mass is 19.4. The molecule has 0 aromatic heterocycles. The Morgan fingerprint density at radius 3 is 2.32 bits per heavy atom. The smallest absolute Gasteiger partial charge is 0.368 e. The van der Waals surface area contributed by atoms with Gasteiger partial charge in [0.1, 0.15) is 5.69 Å². The van der Waals surface area contributed by atoms with E-state index in [4.69, 9.17) is 0 Å². The fourth-order valence-corrected chi connectivity index (χ4v) is 3.66. The quantitative estimate of drug-likeness (QED) is 0.572. The number of hydrogen-bond donors (Lipinski definition) is 1. The van der Waals surface area contributed by atoms with E-state index in [1.54, 1.807) is 18.2 Å². The summed E-state index contributed by atoms with van der Waals surface area (Å²) in [6.45, 7) is 1.65. The van der Waals surface area contributed by atoms with Crippen LogP contribution in [0.4, 0.5) is 30.2 Å². The van der Waals surface area contributed by atoms with Crippen molar-refractivity contribution < 1.29 is 22.9 Å². The average molecular weight is 434 g/mol. The van der Waals surface area contributed by atoms with Crippen LogP contribution in [-0.2, 0) is 6.18 Å². The molecule has 31 heavy (non-hydrogen) atoms. The normalized spacial score (nSPS) is 16.9. The Kier molecular flexibility index (Phi) is 5.47. The number of anilines is 2. The van der Waals surface area contributed by atoms with E-state index in [2.05, 4.69) is 5.32 Å². The molecule has 1 saturated carbocycles. The predicted octanol–water partition coefficient (Wildman–Crippen LogP) is 3.83. The fourth-order valence-electron chi connectivity index (χ4n) is 3.66. The van der Waals surface area contributed by atoms with E-state index in [1.807, 2.05) is 9.80 Å². The Morgan fingerprint density at radius 1 is 1.03 bits per heavy atom. The molecule has 0 radical (unpaired) electrons. The molecule has 1 saturated heterocycles. The third-order valence-corrected chi connectivity index (χ3v) is 5.51. The minimum atomic E-state index is -4.41. The molecule has 0 bridgehead atoms. The second-order valence-electron chi connectivity index (χ2n) is 7.73. The Balaban J connectivity index is 1.48. The number of piperazine rings is 1. The van der Waals surface area contributed by atoms with Gasteiger partial charge in [-0.1, -0.05) is 6.07 Å². The summed E-state index contributed by atoms with van der Waals surface area (Å²) in [5.74, 6) is -0.327. The third kappa shape index (κ3) is 4.73. The van der Waals surface area contributed by atoms with Gasteiger partial charge in [0.2, 0.25) is 0 Å². The van der Waals surface area contributed by atoms with Gasteiger partial charge in [-0.2, -0.15) is 13.2 Å². The molecule has 4 rings (SSSR count). The van der Waals surface area contributed by atoms with Crippen molar-refractivity contribution in [1.82, 2.24) is 5.32 Å². The zero-order chi connectivity index (χ0) is 22.2. The molecule has 0 atom stereocenters. The van der Waals surface area contributed by atoms with Crippen LogP contribution >= 0.6 is 0 Å². The van der Waals surface area contributed by atoms with E-state index in [0.717, 1.165) is 25.0 Å². The lowest BCUT2D eigenvalue weighted by molar-refractivity contribution is -0.384. The Labute approximate surface area is 176 Å². The lowest BCUT2D eigenvalue weighted by atomic mass is 10.1. The number of alkyl halides is 3. The maximum atomic E-state index is 13.0. The number of nitrogens with one attached hydrogen (secondary N) is 1. The van der Waals surface area contributed by atoms with Crippen molar-refractivity contribution >= 4 is 23.0 Å². The molecule has 164 valence electrons. The second-order valence-corrected chi connectivity index (χ2v) is 7.73. The monoisotopic (exact) mass is 434 g/mol. The highest BCUT2D eigenvalue weighted by Gasteiger charge is 2.32. The van der Waals surface area contributed by atoms with Gasteiger partial charge in [0.25, 0.3) is 11.6 Å². The molecular formula is C21H21F3N4O3.